The van der Waals surface area contributed by atoms with E-state index in [-0.39, 0.29) is 5.82 Å². The summed E-state index contributed by atoms with van der Waals surface area (Å²) in [5.74, 6) is -0.190. The molecule has 19 heavy (non-hydrogen) atoms. The molecule has 1 aromatic heterocycles. The van der Waals surface area contributed by atoms with Gasteiger partial charge in [-0.1, -0.05) is 12.1 Å². The van der Waals surface area contributed by atoms with Gasteiger partial charge in [-0.25, -0.2) is 9.37 Å². The summed E-state index contributed by atoms with van der Waals surface area (Å²) in [6, 6.07) is 5.21. The van der Waals surface area contributed by atoms with Crippen molar-refractivity contribution in [3.8, 4) is 11.3 Å². The Balaban J connectivity index is 2.01. The van der Waals surface area contributed by atoms with Gasteiger partial charge in [0.2, 0.25) is 0 Å². The van der Waals surface area contributed by atoms with E-state index in [0.29, 0.717) is 18.7 Å². The second kappa shape index (κ2) is 6.75. The maximum Gasteiger partial charge on any atom is 0.126 e. The second-order valence-electron chi connectivity index (χ2n) is 4.26. The Hall–Kier alpha value is -1.30. The first-order valence-corrected chi connectivity index (χ1v) is 6.99. The highest BCUT2D eigenvalue weighted by atomic mass is 32.1. The zero-order chi connectivity index (χ0) is 13.7. The van der Waals surface area contributed by atoms with Crippen LogP contribution in [0.5, 0.6) is 0 Å². The molecule has 0 aliphatic heterocycles. The molecule has 0 spiro atoms. The maximum absolute atomic E-state index is 13.5. The van der Waals surface area contributed by atoms with Crippen LogP contribution in [-0.4, -0.2) is 25.2 Å². The van der Waals surface area contributed by atoms with Crippen LogP contribution in [0.3, 0.4) is 0 Å². The Morgan fingerprint density at radius 1 is 1.42 bits per heavy atom. The number of rotatable bonds is 6. The minimum atomic E-state index is -0.190. The number of aromatic nitrogens is 1. The third-order valence-corrected chi connectivity index (χ3v) is 3.63. The number of thiazole rings is 1. The standard InChI is InChI=1S/C14H17FN2OS/c1-10-3-4-11(7-12(10)15)13-9-19-14(17-13)8-16-5-6-18-2/h3-4,7,9,16H,5-6,8H2,1-2H3. The number of benzene rings is 1. The number of nitrogens with one attached hydrogen (secondary N) is 1. The number of nitrogens with zero attached hydrogens (tertiary/aromatic N) is 1. The van der Waals surface area contributed by atoms with Gasteiger partial charge in [-0.2, -0.15) is 0 Å². The van der Waals surface area contributed by atoms with E-state index in [1.54, 1.807) is 31.4 Å². The predicted octanol–water partition coefficient (Wildman–Crippen LogP) is 2.99. The zero-order valence-corrected chi connectivity index (χ0v) is 11.9. The largest absolute Gasteiger partial charge is 0.383 e. The van der Waals surface area contributed by atoms with Gasteiger partial charge < -0.3 is 10.1 Å². The van der Waals surface area contributed by atoms with Gasteiger partial charge in [-0.15, -0.1) is 11.3 Å². The molecule has 0 aliphatic carbocycles. The molecule has 102 valence electrons. The zero-order valence-electron chi connectivity index (χ0n) is 11.1. The van der Waals surface area contributed by atoms with Gasteiger partial charge in [0.15, 0.2) is 0 Å². The molecule has 0 bridgehead atoms. The molecule has 0 amide bonds. The fourth-order valence-corrected chi connectivity index (χ4v) is 2.42. The molecule has 0 fully saturated rings. The molecule has 0 saturated heterocycles. The fourth-order valence-electron chi connectivity index (χ4n) is 1.65. The first-order chi connectivity index (χ1) is 9.20. The molecule has 2 rings (SSSR count). The van der Waals surface area contributed by atoms with E-state index < -0.39 is 0 Å². The average Bonchev–Trinajstić information content (AvgIpc) is 2.87. The van der Waals surface area contributed by atoms with E-state index in [1.807, 2.05) is 11.4 Å². The summed E-state index contributed by atoms with van der Waals surface area (Å²) in [7, 11) is 1.68. The summed E-state index contributed by atoms with van der Waals surface area (Å²) in [5.41, 5.74) is 2.30. The summed E-state index contributed by atoms with van der Waals surface area (Å²) in [4.78, 5) is 4.50. The molecule has 0 unspecified atom stereocenters. The van der Waals surface area contributed by atoms with Crippen molar-refractivity contribution in [2.24, 2.45) is 0 Å². The van der Waals surface area contributed by atoms with E-state index in [2.05, 4.69) is 10.3 Å². The maximum atomic E-state index is 13.5. The van der Waals surface area contributed by atoms with Gasteiger partial charge in [0, 0.05) is 31.1 Å². The van der Waals surface area contributed by atoms with Crippen LogP contribution < -0.4 is 5.32 Å². The Morgan fingerprint density at radius 2 is 2.26 bits per heavy atom. The van der Waals surface area contributed by atoms with Crippen LogP contribution in [0.1, 0.15) is 10.6 Å². The van der Waals surface area contributed by atoms with E-state index >= 15 is 0 Å². The number of aryl methyl sites for hydroxylation is 1. The average molecular weight is 280 g/mol. The van der Waals surface area contributed by atoms with Crippen molar-refractivity contribution in [3.63, 3.8) is 0 Å². The highest BCUT2D eigenvalue weighted by Crippen LogP contribution is 2.23. The quantitative estimate of drug-likeness (QED) is 0.826. The summed E-state index contributed by atoms with van der Waals surface area (Å²) in [5, 5.41) is 6.19. The summed E-state index contributed by atoms with van der Waals surface area (Å²) in [6.45, 7) is 3.94. The number of hydrogen-bond acceptors (Lipinski definition) is 4. The summed E-state index contributed by atoms with van der Waals surface area (Å²) in [6.07, 6.45) is 0. The van der Waals surface area contributed by atoms with E-state index in [9.17, 15) is 4.39 Å². The van der Waals surface area contributed by atoms with Crippen LogP contribution in [0.2, 0.25) is 0 Å². The van der Waals surface area contributed by atoms with Gasteiger partial charge in [-0.3, -0.25) is 0 Å². The minimum Gasteiger partial charge on any atom is -0.383 e. The van der Waals surface area contributed by atoms with Gasteiger partial charge in [0.1, 0.15) is 10.8 Å². The third-order valence-electron chi connectivity index (χ3n) is 2.78. The lowest BCUT2D eigenvalue weighted by Crippen LogP contribution is -2.18. The third kappa shape index (κ3) is 3.83. The molecule has 3 nitrogen and oxygen atoms in total. The Morgan fingerprint density at radius 3 is 3.00 bits per heavy atom. The van der Waals surface area contributed by atoms with Crippen LogP contribution in [0.4, 0.5) is 4.39 Å². The van der Waals surface area contributed by atoms with Gasteiger partial charge in [0.25, 0.3) is 0 Å². The van der Waals surface area contributed by atoms with E-state index in [1.165, 1.54) is 6.07 Å². The second-order valence-corrected chi connectivity index (χ2v) is 5.20. The predicted molar refractivity (Wildman–Crippen MR) is 75.8 cm³/mol. The number of ether oxygens (including phenoxy) is 1. The van der Waals surface area contributed by atoms with Crippen molar-refractivity contribution < 1.29 is 9.13 Å². The molecular weight excluding hydrogens is 263 g/mol. The molecule has 0 aliphatic rings. The van der Waals surface area contributed by atoms with Gasteiger partial charge >= 0.3 is 0 Å². The Kier molecular flexibility index (Phi) is 5.01. The number of hydrogen-bond donors (Lipinski definition) is 1. The van der Waals surface area contributed by atoms with Crippen molar-refractivity contribution >= 4 is 11.3 Å². The van der Waals surface area contributed by atoms with Gasteiger partial charge in [-0.05, 0) is 18.6 Å². The molecular formula is C14H17FN2OS. The highest BCUT2D eigenvalue weighted by Gasteiger charge is 2.06. The van der Waals surface area contributed by atoms with Crippen molar-refractivity contribution in [1.29, 1.82) is 0 Å². The summed E-state index contributed by atoms with van der Waals surface area (Å²) >= 11 is 1.58. The van der Waals surface area contributed by atoms with Crippen LogP contribution >= 0.6 is 11.3 Å². The highest BCUT2D eigenvalue weighted by molar-refractivity contribution is 7.09. The smallest absolute Gasteiger partial charge is 0.126 e. The van der Waals surface area contributed by atoms with Crippen molar-refractivity contribution in [2.45, 2.75) is 13.5 Å². The Bertz CT molecular complexity index is 542. The van der Waals surface area contributed by atoms with Crippen molar-refractivity contribution in [3.05, 3.63) is 40.0 Å². The molecule has 0 radical (unpaired) electrons. The lowest BCUT2D eigenvalue weighted by molar-refractivity contribution is 0.199. The first kappa shape index (κ1) is 14.1. The SMILES string of the molecule is COCCNCc1nc(-c2ccc(C)c(F)c2)cs1. The lowest BCUT2D eigenvalue weighted by Gasteiger charge is -2.01. The monoisotopic (exact) mass is 280 g/mol. The normalized spacial score (nSPS) is 10.9. The van der Waals surface area contributed by atoms with Crippen molar-refractivity contribution in [2.75, 3.05) is 20.3 Å². The fraction of sp³-hybridized carbons (Fsp3) is 0.357. The van der Waals surface area contributed by atoms with Gasteiger partial charge in [0.05, 0.1) is 12.3 Å². The minimum absolute atomic E-state index is 0.190. The molecule has 0 saturated carbocycles. The molecule has 1 aromatic carbocycles. The van der Waals surface area contributed by atoms with E-state index in [0.717, 1.165) is 22.8 Å². The van der Waals surface area contributed by atoms with Crippen LogP contribution in [0.25, 0.3) is 11.3 Å². The number of methoxy groups -OCH3 is 1. The first-order valence-electron chi connectivity index (χ1n) is 6.11. The molecule has 1 N–H and O–H groups in total. The van der Waals surface area contributed by atoms with Crippen molar-refractivity contribution in [1.82, 2.24) is 10.3 Å². The van der Waals surface area contributed by atoms with E-state index in [4.69, 9.17) is 4.74 Å². The molecule has 5 heteroatoms. The van der Waals surface area contributed by atoms with Crippen LogP contribution in [0, 0.1) is 12.7 Å². The summed E-state index contributed by atoms with van der Waals surface area (Å²) < 4.78 is 18.5. The molecule has 0 atom stereocenters. The molecule has 1 heterocycles. The lowest BCUT2D eigenvalue weighted by atomic mass is 10.1. The van der Waals surface area contributed by atoms with Crippen LogP contribution in [-0.2, 0) is 11.3 Å². The number of halogens is 1. The Labute approximate surface area is 116 Å². The molecule has 2 aromatic rings. The topological polar surface area (TPSA) is 34.1 Å². The van der Waals surface area contributed by atoms with Crippen LogP contribution in [0.15, 0.2) is 23.6 Å².